The predicted molar refractivity (Wildman–Crippen MR) is 132 cm³/mol. The fourth-order valence-electron chi connectivity index (χ4n) is 4.48. The lowest BCUT2D eigenvalue weighted by molar-refractivity contribution is 0.0182. The van der Waals surface area contributed by atoms with Crippen molar-refractivity contribution in [3.05, 3.63) is 120 Å². The monoisotopic (exact) mass is 476 g/mol. The lowest BCUT2D eigenvalue weighted by atomic mass is 9.78. The van der Waals surface area contributed by atoms with E-state index in [4.69, 9.17) is 0 Å². The smallest absolute Gasteiger partial charge is 0.123 e. The summed E-state index contributed by atoms with van der Waals surface area (Å²) >= 11 is 0. The average Bonchev–Trinajstić information content (AvgIpc) is 2.77. The topological polar surface area (TPSA) is 6.48 Å². The normalized spacial score (nSPS) is 15.9. The van der Waals surface area contributed by atoms with Crippen LogP contribution in [0, 0.1) is 11.6 Å². The van der Waals surface area contributed by atoms with Gasteiger partial charge in [-0.05, 0) is 41.0 Å². The molecule has 2 nitrogen and oxygen atoms in total. The molecule has 0 atom stereocenters. The molecule has 3 aromatic rings. The van der Waals surface area contributed by atoms with Crippen molar-refractivity contribution < 1.29 is 8.78 Å². The summed E-state index contributed by atoms with van der Waals surface area (Å²) in [7, 11) is 0. The Morgan fingerprint density at radius 2 is 1.31 bits per heavy atom. The number of hydrogen-bond acceptors (Lipinski definition) is 2. The molecule has 1 aliphatic heterocycles. The van der Waals surface area contributed by atoms with E-state index in [0.29, 0.717) is 6.54 Å². The molecule has 1 fully saturated rings. The first kappa shape index (κ1) is 26.0. The molecular formula is C26H28Cl2F2N2. The Balaban J connectivity index is 0.00000181. The van der Waals surface area contributed by atoms with Gasteiger partial charge < -0.3 is 0 Å². The van der Waals surface area contributed by atoms with Crippen molar-refractivity contribution in [3.63, 3.8) is 0 Å². The zero-order chi connectivity index (χ0) is 21.0. The third kappa shape index (κ3) is 5.38. The highest BCUT2D eigenvalue weighted by atomic mass is 35.5. The maximum Gasteiger partial charge on any atom is 0.123 e. The van der Waals surface area contributed by atoms with Crippen LogP contribution < -0.4 is 0 Å². The molecule has 0 spiro atoms. The zero-order valence-electron chi connectivity index (χ0n) is 17.8. The van der Waals surface area contributed by atoms with Gasteiger partial charge in [-0.15, -0.1) is 31.4 Å². The van der Waals surface area contributed by atoms with Gasteiger partial charge in [0.05, 0.1) is 5.54 Å². The lowest BCUT2D eigenvalue weighted by Crippen LogP contribution is -2.60. The Morgan fingerprint density at radius 3 is 1.81 bits per heavy atom. The summed E-state index contributed by atoms with van der Waals surface area (Å²) in [5.41, 5.74) is 2.68. The van der Waals surface area contributed by atoms with Crippen molar-refractivity contribution in [3.8, 4) is 0 Å². The summed E-state index contributed by atoms with van der Waals surface area (Å²) in [4.78, 5) is 4.78. The van der Waals surface area contributed by atoms with Gasteiger partial charge in [0, 0.05) is 32.7 Å². The van der Waals surface area contributed by atoms with Crippen molar-refractivity contribution in [1.29, 1.82) is 0 Å². The largest absolute Gasteiger partial charge is 0.296 e. The number of halogens is 4. The highest BCUT2D eigenvalue weighted by Gasteiger charge is 2.44. The first-order valence-electron chi connectivity index (χ1n) is 10.3. The number of piperazine rings is 1. The van der Waals surface area contributed by atoms with Crippen LogP contribution in [0.1, 0.15) is 16.7 Å². The molecule has 1 heterocycles. The summed E-state index contributed by atoms with van der Waals surface area (Å²) in [6, 6.07) is 23.8. The zero-order valence-corrected chi connectivity index (χ0v) is 19.4. The van der Waals surface area contributed by atoms with Crippen molar-refractivity contribution in [1.82, 2.24) is 9.80 Å². The standard InChI is InChI=1S/C26H26F2N2.2ClH/c1-2-16-29-17-18-30(19-21-6-4-3-5-7-21)26(20-29,22-8-12-24(27)13-9-22)23-10-14-25(28)15-11-23;;/h2-15H,1,16-20H2;2*1H. The fraction of sp³-hybridized carbons (Fsp3) is 0.231. The van der Waals surface area contributed by atoms with E-state index < -0.39 is 5.54 Å². The summed E-state index contributed by atoms with van der Waals surface area (Å²) < 4.78 is 27.6. The van der Waals surface area contributed by atoms with Crippen LogP contribution in [0.15, 0.2) is 91.5 Å². The molecule has 0 aromatic heterocycles. The van der Waals surface area contributed by atoms with Crippen molar-refractivity contribution in [2.45, 2.75) is 12.1 Å². The van der Waals surface area contributed by atoms with Crippen LogP contribution in [0.25, 0.3) is 0 Å². The highest BCUT2D eigenvalue weighted by Crippen LogP contribution is 2.40. The summed E-state index contributed by atoms with van der Waals surface area (Å²) in [5, 5.41) is 0. The van der Waals surface area contributed by atoms with Crippen LogP contribution in [0.4, 0.5) is 8.78 Å². The second kappa shape index (κ2) is 11.6. The fourth-order valence-corrected chi connectivity index (χ4v) is 4.48. The Labute approximate surface area is 201 Å². The molecule has 1 saturated heterocycles. The Hall–Kier alpha value is -2.24. The Morgan fingerprint density at radius 1 is 0.781 bits per heavy atom. The third-order valence-corrected chi connectivity index (χ3v) is 5.93. The second-order valence-corrected chi connectivity index (χ2v) is 7.81. The minimum atomic E-state index is -0.529. The molecule has 0 aliphatic carbocycles. The number of benzene rings is 3. The van der Waals surface area contributed by atoms with E-state index in [1.807, 2.05) is 48.5 Å². The molecular weight excluding hydrogens is 449 g/mol. The maximum absolute atomic E-state index is 13.8. The molecule has 0 N–H and O–H groups in total. The van der Waals surface area contributed by atoms with Gasteiger partial charge in [0.2, 0.25) is 0 Å². The quantitative estimate of drug-likeness (QED) is 0.399. The van der Waals surface area contributed by atoms with Gasteiger partial charge in [-0.3, -0.25) is 9.80 Å². The Kier molecular flexibility index (Phi) is 9.41. The average molecular weight is 477 g/mol. The van der Waals surface area contributed by atoms with Crippen molar-refractivity contribution in [2.24, 2.45) is 0 Å². The molecule has 0 unspecified atom stereocenters. The Bertz CT molecular complexity index is 933. The summed E-state index contributed by atoms with van der Waals surface area (Å²) in [5.74, 6) is -0.525. The SMILES string of the molecule is C=CCN1CCN(Cc2ccccc2)C(c2ccc(F)cc2)(c2ccc(F)cc2)C1.Cl.Cl. The van der Waals surface area contributed by atoms with Gasteiger partial charge >= 0.3 is 0 Å². The highest BCUT2D eigenvalue weighted by molar-refractivity contribution is 5.85. The van der Waals surface area contributed by atoms with E-state index in [0.717, 1.165) is 37.3 Å². The van der Waals surface area contributed by atoms with Gasteiger partial charge in [-0.1, -0.05) is 60.7 Å². The van der Waals surface area contributed by atoms with Gasteiger partial charge in [0.1, 0.15) is 11.6 Å². The van der Waals surface area contributed by atoms with Crippen molar-refractivity contribution >= 4 is 24.8 Å². The van der Waals surface area contributed by atoms with Crippen LogP contribution in [0.5, 0.6) is 0 Å². The van der Waals surface area contributed by atoms with Crippen LogP contribution in [0.3, 0.4) is 0 Å². The lowest BCUT2D eigenvalue weighted by Gasteiger charge is -2.51. The van der Waals surface area contributed by atoms with Crippen LogP contribution in [-0.4, -0.2) is 36.0 Å². The molecule has 0 saturated carbocycles. The van der Waals surface area contributed by atoms with E-state index in [9.17, 15) is 8.78 Å². The molecule has 32 heavy (non-hydrogen) atoms. The molecule has 3 aromatic carbocycles. The molecule has 4 rings (SSSR count). The molecule has 0 amide bonds. The first-order valence-corrected chi connectivity index (χ1v) is 10.3. The van der Waals surface area contributed by atoms with E-state index in [-0.39, 0.29) is 36.4 Å². The van der Waals surface area contributed by atoms with Gasteiger partial charge in [0.15, 0.2) is 0 Å². The summed E-state index contributed by atoms with van der Waals surface area (Å²) in [6.45, 7) is 7.87. The van der Waals surface area contributed by atoms with Crippen LogP contribution >= 0.6 is 24.8 Å². The van der Waals surface area contributed by atoms with E-state index in [1.165, 1.54) is 29.8 Å². The molecule has 0 radical (unpaired) electrons. The van der Waals surface area contributed by atoms with E-state index in [2.05, 4.69) is 28.5 Å². The third-order valence-electron chi connectivity index (χ3n) is 5.93. The predicted octanol–water partition coefficient (Wildman–Crippen LogP) is 6.06. The van der Waals surface area contributed by atoms with Crippen LogP contribution in [-0.2, 0) is 12.1 Å². The molecule has 1 aliphatic rings. The van der Waals surface area contributed by atoms with Gasteiger partial charge in [-0.25, -0.2) is 8.78 Å². The number of rotatable bonds is 6. The number of nitrogens with zero attached hydrogens (tertiary/aromatic N) is 2. The van der Waals surface area contributed by atoms with Gasteiger partial charge in [-0.2, -0.15) is 0 Å². The number of hydrogen-bond donors (Lipinski definition) is 0. The second-order valence-electron chi connectivity index (χ2n) is 7.81. The van der Waals surface area contributed by atoms with Gasteiger partial charge in [0.25, 0.3) is 0 Å². The minimum absolute atomic E-state index is 0. The molecule has 170 valence electrons. The van der Waals surface area contributed by atoms with E-state index >= 15 is 0 Å². The summed E-state index contributed by atoms with van der Waals surface area (Å²) in [6.07, 6.45) is 1.91. The minimum Gasteiger partial charge on any atom is -0.296 e. The van der Waals surface area contributed by atoms with Crippen LogP contribution in [0.2, 0.25) is 0 Å². The first-order chi connectivity index (χ1) is 14.6. The molecule has 6 heteroatoms. The maximum atomic E-state index is 13.8. The van der Waals surface area contributed by atoms with E-state index in [1.54, 1.807) is 0 Å². The molecule has 0 bridgehead atoms. The van der Waals surface area contributed by atoms with Crippen molar-refractivity contribution in [2.75, 3.05) is 26.2 Å².